The first-order chi connectivity index (χ1) is 12.8. The molecule has 0 atom stereocenters. The van der Waals surface area contributed by atoms with Crippen LogP contribution in [0.3, 0.4) is 0 Å². The molecule has 2 aromatic heterocycles. The van der Waals surface area contributed by atoms with Crippen molar-refractivity contribution in [1.82, 2.24) is 14.8 Å². The molecule has 0 aliphatic heterocycles. The third kappa shape index (κ3) is 4.31. The van der Waals surface area contributed by atoms with Crippen LogP contribution in [0.4, 0.5) is 13.2 Å². The molecule has 144 valence electrons. The lowest BCUT2D eigenvalue weighted by Crippen LogP contribution is -2.06. The number of halogens is 5. The number of nitrogens with zero attached hydrogens (tertiary/aromatic N) is 3. The molecule has 0 aliphatic rings. The topological polar surface area (TPSA) is 49.2 Å². The molecule has 0 fully saturated rings. The summed E-state index contributed by atoms with van der Waals surface area (Å²) in [5.41, 5.74) is 0.565. The number of benzene rings is 1. The van der Waals surface area contributed by atoms with Crippen molar-refractivity contribution >= 4 is 34.5 Å². The Balaban J connectivity index is 1.94. The van der Waals surface area contributed by atoms with Crippen LogP contribution >= 0.6 is 34.5 Å². The lowest BCUT2D eigenvalue weighted by Gasteiger charge is -2.09. The van der Waals surface area contributed by atoms with Gasteiger partial charge < -0.3 is 9.47 Å². The summed E-state index contributed by atoms with van der Waals surface area (Å²) in [6, 6.07) is 2.34. The molecule has 11 heteroatoms. The molecule has 0 bridgehead atoms. The SMILES string of the molecule is Cc1nc(COc2cc(-c3nn(C)c(OC(F)F)c3Cl)c(F)cc2Cl)cs1. The molecule has 1 aromatic carbocycles. The molecule has 0 amide bonds. The van der Waals surface area contributed by atoms with Gasteiger partial charge in [-0.25, -0.2) is 14.1 Å². The van der Waals surface area contributed by atoms with Crippen molar-refractivity contribution in [2.75, 3.05) is 0 Å². The maximum absolute atomic E-state index is 14.4. The Hall–Kier alpha value is -1.97. The highest BCUT2D eigenvalue weighted by Crippen LogP contribution is 2.40. The molecule has 27 heavy (non-hydrogen) atoms. The van der Waals surface area contributed by atoms with E-state index in [0.717, 1.165) is 15.8 Å². The first-order valence-corrected chi connectivity index (χ1v) is 9.10. The standard InChI is InChI=1S/C16H12Cl2F3N3O2S/c1-7-22-8(6-27-7)5-25-12-3-9(11(19)4-10(12)17)14-13(18)15(24(2)23-14)26-16(20)21/h3-4,6,16H,5H2,1-2H3. The normalized spacial score (nSPS) is 11.3. The number of alkyl halides is 2. The number of hydrogen-bond acceptors (Lipinski definition) is 5. The zero-order valence-electron chi connectivity index (χ0n) is 14.0. The molecule has 3 rings (SSSR count). The number of aromatic nitrogens is 3. The van der Waals surface area contributed by atoms with Gasteiger partial charge in [0.25, 0.3) is 0 Å². The second-order valence-electron chi connectivity index (χ2n) is 5.38. The van der Waals surface area contributed by atoms with Crippen LogP contribution in [0.25, 0.3) is 11.3 Å². The maximum atomic E-state index is 14.4. The lowest BCUT2D eigenvalue weighted by atomic mass is 10.1. The van der Waals surface area contributed by atoms with Crippen LogP contribution in [0.15, 0.2) is 17.5 Å². The van der Waals surface area contributed by atoms with Crippen LogP contribution in [0.2, 0.25) is 10.0 Å². The van der Waals surface area contributed by atoms with E-state index in [4.69, 9.17) is 27.9 Å². The molecule has 0 radical (unpaired) electrons. The van der Waals surface area contributed by atoms with E-state index >= 15 is 0 Å². The molecule has 5 nitrogen and oxygen atoms in total. The summed E-state index contributed by atoms with van der Waals surface area (Å²) in [6.07, 6.45) is 0. The van der Waals surface area contributed by atoms with E-state index in [1.165, 1.54) is 24.5 Å². The smallest absolute Gasteiger partial charge is 0.388 e. The van der Waals surface area contributed by atoms with Crippen LogP contribution in [0.5, 0.6) is 11.6 Å². The zero-order chi connectivity index (χ0) is 19.7. The Morgan fingerprint density at radius 1 is 1.30 bits per heavy atom. The summed E-state index contributed by atoms with van der Waals surface area (Å²) in [5, 5.41) is 6.47. The minimum atomic E-state index is -3.10. The summed E-state index contributed by atoms with van der Waals surface area (Å²) in [7, 11) is 1.35. The second kappa shape index (κ2) is 7.95. The third-order valence-electron chi connectivity index (χ3n) is 3.46. The van der Waals surface area contributed by atoms with Crippen LogP contribution in [0.1, 0.15) is 10.7 Å². The Morgan fingerprint density at radius 3 is 2.67 bits per heavy atom. The van der Waals surface area contributed by atoms with Crippen LogP contribution in [0, 0.1) is 12.7 Å². The van der Waals surface area contributed by atoms with Gasteiger partial charge in [-0.15, -0.1) is 11.3 Å². The Morgan fingerprint density at radius 2 is 2.04 bits per heavy atom. The fourth-order valence-corrected chi connectivity index (χ4v) is 3.42. The summed E-state index contributed by atoms with van der Waals surface area (Å²) in [4.78, 5) is 4.26. The number of aryl methyl sites for hydroxylation is 2. The van der Waals surface area contributed by atoms with E-state index in [0.29, 0.717) is 5.69 Å². The fourth-order valence-electron chi connectivity index (χ4n) is 2.31. The maximum Gasteiger partial charge on any atom is 0.388 e. The Labute approximate surface area is 166 Å². The molecular weight excluding hydrogens is 426 g/mol. The van der Waals surface area contributed by atoms with Gasteiger partial charge in [0, 0.05) is 18.0 Å². The number of thiazole rings is 1. The van der Waals surface area contributed by atoms with E-state index < -0.39 is 12.4 Å². The van der Waals surface area contributed by atoms with Crippen LogP contribution < -0.4 is 9.47 Å². The largest absolute Gasteiger partial charge is 0.486 e. The van der Waals surface area contributed by atoms with Crippen molar-refractivity contribution < 1.29 is 22.6 Å². The van der Waals surface area contributed by atoms with E-state index in [1.54, 1.807) is 0 Å². The van der Waals surface area contributed by atoms with Crippen molar-refractivity contribution in [2.24, 2.45) is 7.05 Å². The molecule has 0 unspecified atom stereocenters. The second-order valence-corrected chi connectivity index (χ2v) is 7.23. The summed E-state index contributed by atoms with van der Waals surface area (Å²) < 4.78 is 50.4. The van der Waals surface area contributed by atoms with Gasteiger partial charge in [-0.05, 0) is 19.1 Å². The number of ether oxygens (including phenoxy) is 2. The minimum Gasteiger partial charge on any atom is -0.486 e. The molecule has 0 N–H and O–H groups in total. The molecule has 2 heterocycles. The first-order valence-electron chi connectivity index (χ1n) is 7.46. The van der Waals surface area contributed by atoms with Gasteiger partial charge in [-0.2, -0.15) is 13.9 Å². The summed E-state index contributed by atoms with van der Waals surface area (Å²) in [6.45, 7) is -1.11. The van der Waals surface area contributed by atoms with Gasteiger partial charge in [0.2, 0.25) is 5.88 Å². The van der Waals surface area contributed by atoms with E-state index in [9.17, 15) is 13.2 Å². The Bertz CT molecular complexity index is 978. The highest BCUT2D eigenvalue weighted by atomic mass is 35.5. The van der Waals surface area contributed by atoms with Gasteiger partial charge in [-0.1, -0.05) is 23.2 Å². The molecular formula is C16H12Cl2F3N3O2S. The van der Waals surface area contributed by atoms with Crippen molar-refractivity contribution in [3.05, 3.63) is 44.1 Å². The van der Waals surface area contributed by atoms with Crippen molar-refractivity contribution in [2.45, 2.75) is 20.1 Å². The van der Waals surface area contributed by atoms with Crippen molar-refractivity contribution in [3.8, 4) is 22.9 Å². The lowest BCUT2D eigenvalue weighted by molar-refractivity contribution is -0.0552. The molecule has 0 spiro atoms. The number of hydrogen-bond donors (Lipinski definition) is 0. The van der Waals surface area contributed by atoms with E-state index in [-0.39, 0.29) is 39.5 Å². The molecule has 3 aromatic rings. The zero-order valence-corrected chi connectivity index (χ0v) is 16.3. The van der Waals surface area contributed by atoms with Crippen LogP contribution in [-0.4, -0.2) is 21.4 Å². The van der Waals surface area contributed by atoms with Gasteiger partial charge in [-0.3, -0.25) is 0 Å². The highest BCUT2D eigenvalue weighted by molar-refractivity contribution is 7.09. The monoisotopic (exact) mass is 437 g/mol. The fraction of sp³-hybridized carbons (Fsp3) is 0.250. The predicted molar refractivity (Wildman–Crippen MR) is 96.4 cm³/mol. The molecule has 0 saturated carbocycles. The highest BCUT2D eigenvalue weighted by Gasteiger charge is 2.23. The molecule has 0 aliphatic carbocycles. The quantitative estimate of drug-likeness (QED) is 0.512. The van der Waals surface area contributed by atoms with Crippen LogP contribution in [-0.2, 0) is 13.7 Å². The third-order valence-corrected chi connectivity index (χ3v) is 4.92. The van der Waals surface area contributed by atoms with Gasteiger partial charge in [0.05, 0.1) is 15.7 Å². The molecule has 0 saturated heterocycles. The first kappa shape index (κ1) is 19.8. The minimum absolute atomic E-state index is 0.0410. The van der Waals surface area contributed by atoms with E-state index in [1.807, 2.05) is 12.3 Å². The van der Waals surface area contributed by atoms with Gasteiger partial charge in [0.15, 0.2) is 0 Å². The van der Waals surface area contributed by atoms with Gasteiger partial charge in [0.1, 0.15) is 28.9 Å². The Kier molecular flexibility index (Phi) is 5.83. The summed E-state index contributed by atoms with van der Waals surface area (Å²) >= 11 is 13.6. The summed E-state index contributed by atoms with van der Waals surface area (Å²) in [5.74, 6) is -0.936. The van der Waals surface area contributed by atoms with Gasteiger partial charge >= 0.3 is 6.61 Å². The van der Waals surface area contributed by atoms with E-state index in [2.05, 4.69) is 14.8 Å². The predicted octanol–water partition coefficient (Wildman–Crippen LogP) is 5.48. The average molecular weight is 438 g/mol. The average Bonchev–Trinajstić information content (AvgIpc) is 3.12. The van der Waals surface area contributed by atoms with Crippen molar-refractivity contribution in [3.63, 3.8) is 0 Å². The van der Waals surface area contributed by atoms with Crippen molar-refractivity contribution in [1.29, 1.82) is 0 Å². The number of rotatable bonds is 6.